The number of Topliss-reactive ketones (excluding diaryl/α,β-unsaturated/α-hetero) is 1. The number of aryl methyl sites for hydroxylation is 1. The van der Waals surface area contributed by atoms with Crippen LogP contribution in [-0.4, -0.2) is 45.5 Å². The van der Waals surface area contributed by atoms with Crippen LogP contribution in [0.15, 0.2) is 30.3 Å². The van der Waals surface area contributed by atoms with E-state index in [1.165, 1.54) is 0 Å². The first kappa shape index (κ1) is 18.3. The maximum atomic E-state index is 12.8. The number of benzene rings is 1. The first-order valence-electron chi connectivity index (χ1n) is 9.07. The van der Waals surface area contributed by atoms with Crippen LogP contribution in [0.5, 0.6) is 0 Å². The molecular weight excluding hydrogens is 328 g/mol. The molecule has 2 heterocycles. The quantitative estimate of drug-likeness (QED) is 0.917. The van der Waals surface area contributed by atoms with E-state index in [1.807, 2.05) is 62.7 Å². The van der Waals surface area contributed by atoms with Gasteiger partial charge in [0.2, 0.25) is 5.91 Å². The highest BCUT2D eigenvalue weighted by Crippen LogP contribution is 2.24. The molecule has 26 heavy (non-hydrogen) atoms. The lowest BCUT2D eigenvalue weighted by atomic mass is 9.97. The van der Waals surface area contributed by atoms with Gasteiger partial charge in [0.15, 0.2) is 0 Å². The average Bonchev–Trinajstić information content (AvgIpc) is 2.92. The second-order valence-corrected chi connectivity index (χ2v) is 7.07. The van der Waals surface area contributed by atoms with Crippen molar-refractivity contribution in [3.63, 3.8) is 0 Å². The molecule has 2 atom stereocenters. The van der Waals surface area contributed by atoms with Gasteiger partial charge in [0.1, 0.15) is 5.78 Å². The first-order chi connectivity index (χ1) is 12.4. The van der Waals surface area contributed by atoms with Crippen molar-refractivity contribution in [2.24, 2.45) is 5.92 Å². The Morgan fingerprint density at radius 3 is 2.62 bits per heavy atom. The third-order valence-corrected chi connectivity index (χ3v) is 5.17. The van der Waals surface area contributed by atoms with Gasteiger partial charge in [-0.2, -0.15) is 5.10 Å². The third-order valence-electron chi connectivity index (χ3n) is 5.17. The van der Waals surface area contributed by atoms with E-state index in [1.54, 1.807) is 0 Å². The van der Waals surface area contributed by atoms with Gasteiger partial charge < -0.3 is 5.32 Å². The summed E-state index contributed by atoms with van der Waals surface area (Å²) in [7, 11) is 0. The summed E-state index contributed by atoms with van der Waals surface area (Å²) in [5, 5.41) is 7.61. The average molecular weight is 354 g/mol. The smallest absolute Gasteiger partial charge is 0.241 e. The highest BCUT2D eigenvalue weighted by atomic mass is 16.2. The Labute approximate surface area is 154 Å². The number of nitrogens with one attached hydrogen (secondary N) is 1. The fraction of sp³-hybridized carbons (Fsp3) is 0.450. The lowest BCUT2D eigenvalue weighted by molar-refractivity contribution is -0.129. The van der Waals surface area contributed by atoms with Gasteiger partial charge >= 0.3 is 0 Å². The predicted molar refractivity (Wildman–Crippen MR) is 101 cm³/mol. The lowest BCUT2D eigenvalue weighted by Crippen LogP contribution is -2.49. The van der Waals surface area contributed by atoms with Crippen molar-refractivity contribution in [1.82, 2.24) is 14.7 Å². The molecule has 1 aromatic heterocycles. The van der Waals surface area contributed by atoms with Gasteiger partial charge in [0, 0.05) is 25.4 Å². The largest absolute Gasteiger partial charge is 0.322 e. The van der Waals surface area contributed by atoms with Crippen molar-refractivity contribution in [2.45, 2.75) is 40.2 Å². The molecule has 6 nitrogen and oxygen atoms in total. The maximum Gasteiger partial charge on any atom is 0.241 e. The van der Waals surface area contributed by atoms with Crippen molar-refractivity contribution in [1.29, 1.82) is 0 Å². The van der Waals surface area contributed by atoms with Crippen LogP contribution in [0.3, 0.4) is 0 Å². The number of carbonyl (C=O) groups is 2. The van der Waals surface area contributed by atoms with Gasteiger partial charge in [-0.15, -0.1) is 0 Å². The van der Waals surface area contributed by atoms with Crippen LogP contribution in [0, 0.1) is 19.8 Å². The molecule has 1 aromatic carbocycles. The van der Waals surface area contributed by atoms with Crippen molar-refractivity contribution in [2.75, 3.05) is 18.4 Å². The molecule has 1 aliphatic heterocycles. The minimum absolute atomic E-state index is 0.0108. The van der Waals surface area contributed by atoms with Crippen LogP contribution in [0.2, 0.25) is 0 Å². The number of nitrogens with zero attached hydrogens (tertiary/aromatic N) is 3. The SMILES string of the molecule is Cc1nn(-c2ccccc2)c(C)c1NC(=O)[C@@H](C)N1CCC(=O)[C@H](C)C1. The zero-order chi connectivity index (χ0) is 18.8. The number of ketones is 1. The monoisotopic (exact) mass is 354 g/mol. The van der Waals surface area contributed by atoms with E-state index in [4.69, 9.17) is 0 Å². The van der Waals surface area contributed by atoms with Crippen LogP contribution in [0.1, 0.15) is 31.7 Å². The van der Waals surface area contributed by atoms with E-state index in [0.29, 0.717) is 19.5 Å². The Kier molecular flexibility index (Phi) is 5.23. The fourth-order valence-electron chi connectivity index (χ4n) is 3.43. The summed E-state index contributed by atoms with van der Waals surface area (Å²) in [6.45, 7) is 8.94. The van der Waals surface area contributed by atoms with Crippen molar-refractivity contribution in [3.05, 3.63) is 41.7 Å². The molecule has 0 spiro atoms. The van der Waals surface area contributed by atoms with Gasteiger partial charge in [-0.05, 0) is 32.9 Å². The molecule has 6 heteroatoms. The number of aromatic nitrogens is 2. The summed E-state index contributed by atoms with van der Waals surface area (Å²) >= 11 is 0. The van der Waals surface area contributed by atoms with E-state index in [2.05, 4.69) is 15.3 Å². The second-order valence-electron chi connectivity index (χ2n) is 7.07. The Bertz CT molecular complexity index is 813. The standard InChI is InChI=1S/C20H26N4O2/c1-13-12-23(11-10-18(13)25)16(4)20(26)21-19-14(2)22-24(15(19)3)17-8-6-5-7-9-17/h5-9,13,16H,10-12H2,1-4H3,(H,21,26)/t13-,16-/m1/s1. The number of anilines is 1. The number of amides is 1. The predicted octanol–water partition coefficient (Wildman–Crippen LogP) is 2.73. The topological polar surface area (TPSA) is 67.2 Å². The molecule has 138 valence electrons. The van der Waals surface area contributed by atoms with E-state index in [-0.39, 0.29) is 23.7 Å². The van der Waals surface area contributed by atoms with Crippen LogP contribution >= 0.6 is 0 Å². The molecule has 0 aliphatic carbocycles. The van der Waals surface area contributed by atoms with Gasteiger partial charge in [-0.3, -0.25) is 14.5 Å². The molecule has 3 rings (SSSR count). The Hall–Kier alpha value is -2.47. The Morgan fingerprint density at radius 1 is 1.27 bits per heavy atom. The van der Waals surface area contributed by atoms with Crippen LogP contribution in [-0.2, 0) is 9.59 Å². The highest BCUT2D eigenvalue weighted by molar-refractivity contribution is 5.95. The molecule has 1 saturated heterocycles. The molecule has 1 N–H and O–H groups in total. The third kappa shape index (κ3) is 3.55. The van der Waals surface area contributed by atoms with E-state index in [0.717, 1.165) is 22.8 Å². The molecular formula is C20H26N4O2. The Morgan fingerprint density at radius 2 is 1.96 bits per heavy atom. The van der Waals surface area contributed by atoms with Gasteiger partial charge in [-0.25, -0.2) is 4.68 Å². The molecule has 0 bridgehead atoms. The number of hydrogen-bond donors (Lipinski definition) is 1. The van der Waals surface area contributed by atoms with Gasteiger partial charge in [0.25, 0.3) is 0 Å². The van der Waals surface area contributed by atoms with Crippen LogP contribution in [0.4, 0.5) is 5.69 Å². The summed E-state index contributed by atoms with van der Waals surface area (Å²) < 4.78 is 1.84. The zero-order valence-electron chi connectivity index (χ0n) is 15.8. The summed E-state index contributed by atoms with van der Waals surface area (Å²) in [6, 6.07) is 9.57. The minimum Gasteiger partial charge on any atom is -0.322 e. The molecule has 1 fully saturated rings. The molecule has 1 amide bonds. The normalized spacial score (nSPS) is 19.4. The fourth-order valence-corrected chi connectivity index (χ4v) is 3.43. The zero-order valence-corrected chi connectivity index (χ0v) is 15.8. The lowest BCUT2D eigenvalue weighted by Gasteiger charge is -2.33. The van der Waals surface area contributed by atoms with Gasteiger partial charge in [-0.1, -0.05) is 25.1 Å². The van der Waals surface area contributed by atoms with Crippen molar-refractivity contribution >= 4 is 17.4 Å². The van der Waals surface area contributed by atoms with Crippen molar-refractivity contribution in [3.8, 4) is 5.69 Å². The minimum atomic E-state index is -0.288. The second kappa shape index (κ2) is 7.41. The number of carbonyl (C=O) groups excluding carboxylic acids is 2. The van der Waals surface area contributed by atoms with Gasteiger partial charge in [0.05, 0.1) is 28.8 Å². The number of piperidine rings is 1. The first-order valence-corrected chi connectivity index (χ1v) is 9.07. The van der Waals surface area contributed by atoms with Crippen LogP contribution in [0.25, 0.3) is 5.69 Å². The summed E-state index contributed by atoms with van der Waals surface area (Å²) in [5.41, 5.74) is 3.40. The Balaban J connectivity index is 1.75. The molecule has 2 aromatic rings. The summed E-state index contributed by atoms with van der Waals surface area (Å²) in [6.07, 6.45) is 0.517. The van der Waals surface area contributed by atoms with E-state index >= 15 is 0 Å². The number of rotatable bonds is 4. The molecule has 0 radical (unpaired) electrons. The van der Waals surface area contributed by atoms with Crippen molar-refractivity contribution < 1.29 is 9.59 Å². The molecule has 1 aliphatic rings. The number of para-hydroxylation sites is 1. The molecule has 0 saturated carbocycles. The van der Waals surface area contributed by atoms with E-state index in [9.17, 15) is 9.59 Å². The molecule has 0 unspecified atom stereocenters. The number of hydrogen-bond acceptors (Lipinski definition) is 4. The number of likely N-dealkylation sites (tertiary alicyclic amines) is 1. The maximum absolute atomic E-state index is 12.8. The summed E-state index contributed by atoms with van der Waals surface area (Å²) in [4.78, 5) is 26.6. The van der Waals surface area contributed by atoms with Crippen LogP contribution < -0.4 is 5.32 Å². The summed E-state index contributed by atoms with van der Waals surface area (Å²) in [5.74, 6) is 0.207. The highest BCUT2D eigenvalue weighted by Gasteiger charge is 2.30. The van der Waals surface area contributed by atoms with E-state index < -0.39 is 0 Å².